The Hall–Kier alpha value is -4.58. The first-order valence-electron chi connectivity index (χ1n) is 23.1. The second kappa shape index (κ2) is 21.7. The Morgan fingerprint density at radius 3 is 0.677 bits per heavy atom. The third-order valence-corrected chi connectivity index (χ3v) is 16.5. The van der Waals surface area contributed by atoms with Crippen molar-refractivity contribution in [2.24, 2.45) is 0 Å². The zero-order valence-corrected chi connectivity index (χ0v) is 40.2. The lowest BCUT2D eigenvalue weighted by Gasteiger charge is -2.12. The minimum absolute atomic E-state index is 1.14. The molecule has 4 aromatic heterocycles. The summed E-state index contributed by atoms with van der Waals surface area (Å²) in [6, 6.07) is 56.2. The largest absolute Gasteiger partial charge is 0.135 e. The molecule has 0 radical (unpaired) electrons. The Bertz CT molecular complexity index is 2270. The molecule has 0 aliphatic rings. The van der Waals surface area contributed by atoms with E-state index < -0.39 is 0 Å². The molecule has 4 aromatic carbocycles. The number of aryl methyl sites for hydroxylation is 4. The number of thiophene rings is 4. The highest BCUT2D eigenvalue weighted by atomic mass is 32.1. The van der Waals surface area contributed by atoms with Crippen LogP contribution < -0.4 is 0 Å². The van der Waals surface area contributed by atoms with Crippen molar-refractivity contribution in [2.45, 2.75) is 105 Å². The third-order valence-electron chi connectivity index (χ3n) is 11.9. The molecule has 0 saturated carbocycles. The normalized spacial score (nSPS) is 11.4. The van der Waals surface area contributed by atoms with Gasteiger partial charge in [0.05, 0.1) is 0 Å². The number of hydrogen-bond acceptors (Lipinski definition) is 4. The molecule has 4 heterocycles. The van der Waals surface area contributed by atoms with Crippen molar-refractivity contribution in [1.82, 2.24) is 0 Å². The molecule has 0 aliphatic carbocycles. The van der Waals surface area contributed by atoms with Crippen LogP contribution in [0.25, 0.3) is 52.9 Å². The van der Waals surface area contributed by atoms with Crippen LogP contribution in [0, 0.1) is 0 Å². The van der Waals surface area contributed by atoms with Gasteiger partial charge in [-0.3, -0.25) is 0 Å². The highest BCUT2D eigenvalue weighted by Crippen LogP contribution is 2.49. The van der Waals surface area contributed by atoms with E-state index in [1.807, 2.05) is 45.3 Å². The summed E-state index contributed by atoms with van der Waals surface area (Å²) in [7, 11) is 0. The number of hydrogen-bond donors (Lipinski definition) is 0. The second-order valence-corrected chi connectivity index (χ2v) is 20.9. The van der Waals surface area contributed by atoms with Crippen LogP contribution in [0.2, 0.25) is 0 Å². The number of rotatable bonds is 20. The quantitative estimate of drug-likeness (QED) is 0.0715. The molecule has 0 saturated heterocycles. The standard InChI is InChI=1S/C58H60S4/c1-5-9-13-41-17-25-45(26-18-41)49-33-37-53(59-49)57(54-38-34-50(60-54)46-27-19-42(20-28-46)14-10-6-2)58(55-39-35-51(61-55)47-29-21-43(22-30-47)15-11-7-3)56-40-36-52(62-56)48-31-23-44(24-32-48)16-12-8-4/h17-40H,5-16H2,1-4H3. The van der Waals surface area contributed by atoms with Gasteiger partial charge in [0.1, 0.15) is 0 Å². The van der Waals surface area contributed by atoms with Gasteiger partial charge in [-0.15, -0.1) is 45.3 Å². The summed E-state index contributed by atoms with van der Waals surface area (Å²) in [5.74, 6) is 0. The maximum absolute atomic E-state index is 2.38. The smallest absolute Gasteiger partial charge is 0.0370 e. The Balaban J connectivity index is 1.27. The first-order chi connectivity index (χ1) is 30.5. The summed E-state index contributed by atoms with van der Waals surface area (Å²) < 4.78 is 0. The highest BCUT2D eigenvalue weighted by Gasteiger charge is 2.23. The Kier molecular flexibility index (Phi) is 15.4. The molecule has 62 heavy (non-hydrogen) atoms. The van der Waals surface area contributed by atoms with Crippen molar-refractivity contribution < 1.29 is 0 Å². The topological polar surface area (TPSA) is 0 Å². The van der Waals surface area contributed by atoms with Gasteiger partial charge in [-0.2, -0.15) is 0 Å². The average molecular weight is 885 g/mol. The number of benzene rings is 4. The molecule has 316 valence electrons. The van der Waals surface area contributed by atoms with E-state index in [9.17, 15) is 0 Å². The lowest BCUT2D eigenvalue weighted by molar-refractivity contribution is 0.795. The highest BCUT2D eigenvalue weighted by molar-refractivity contribution is 7.21. The maximum Gasteiger partial charge on any atom is 0.0370 e. The zero-order chi connectivity index (χ0) is 42.7. The van der Waals surface area contributed by atoms with E-state index in [0.717, 1.165) is 25.7 Å². The molecular weight excluding hydrogens is 825 g/mol. The fourth-order valence-corrected chi connectivity index (χ4v) is 12.5. The van der Waals surface area contributed by atoms with E-state index in [-0.39, 0.29) is 0 Å². The van der Waals surface area contributed by atoms with E-state index in [1.54, 1.807) is 0 Å². The molecule has 0 bridgehead atoms. The first-order valence-corrected chi connectivity index (χ1v) is 26.3. The van der Waals surface area contributed by atoms with Crippen LogP contribution in [-0.4, -0.2) is 0 Å². The molecule has 8 aromatic rings. The van der Waals surface area contributed by atoms with Gasteiger partial charge < -0.3 is 0 Å². The molecule has 0 unspecified atom stereocenters. The van der Waals surface area contributed by atoms with Crippen molar-refractivity contribution in [1.29, 1.82) is 0 Å². The summed E-state index contributed by atoms with van der Waals surface area (Å²) in [4.78, 5) is 10.5. The van der Waals surface area contributed by atoms with Crippen LogP contribution in [0.1, 0.15) is 121 Å². The lowest BCUT2D eigenvalue weighted by Crippen LogP contribution is -1.90. The SMILES string of the molecule is CCCCc1ccc(-c2ccc(C(=C(c3ccc(-c4ccc(CCCC)cc4)s3)c3ccc(-c4ccc(CCCC)cc4)s3)c3ccc(-c4ccc(CCCC)cc4)s3)s2)cc1. The second-order valence-electron chi connectivity index (χ2n) is 16.6. The predicted octanol–water partition coefficient (Wildman–Crippen LogP) is 19.0. The molecular formula is C58H60S4. The Morgan fingerprint density at radius 2 is 0.484 bits per heavy atom. The summed E-state index contributed by atoms with van der Waals surface area (Å²) in [5.41, 5.74) is 13.5. The fourth-order valence-electron chi connectivity index (χ4n) is 8.11. The van der Waals surface area contributed by atoms with E-state index in [1.165, 1.54) is 146 Å². The monoisotopic (exact) mass is 884 g/mol. The van der Waals surface area contributed by atoms with Crippen LogP contribution in [0.4, 0.5) is 0 Å². The maximum atomic E-state index is 2.38. The van der Waals surface area contributed by atoms with Gasteiger partial charge in [0.15, 0.2) is 0 Å². The van der Waals surface area contributed by atoms with E-state index in [0.29, 0.717) is 0 Å². The Labute approximate surface area is 387 Å². The predicted molar refractivity (Wildman–Crippen MR) is 278 cm³/mol. The van der Waals surface area contributed by atoms with Crippen molar-refractivity contribution in [3.8, 4) is 41.8 Å². The van der Waals surface area contributed by atoms with Crippen LogP contribution in [0.15, 0.2) is 146 Å². The molecule has 0 amide bonds. The first kappa shape index (κ1) is 44.0. The lowest BCUT2D eigenvalue weighted by atomic mass is 10.0. The molecule has 0 atom stereocenters. The van der Waals surface area contributed by atoms with Crippen molar-refractivity contribution >= 4 is 56.5 Å². The van der Waals surface area contributed by atoms with Gasteiger partial charge in [-0.1, -0.05) is 150 Å². The molecule has 8 rings (SSSR count). The molecule has 0 nitrogen and oxygen atoms in total. The summed E-state index contributed by atoms with van der Waals surface area (Å²) in [5, 5.41) is 0. The molecule has 0 fully saturated rings. The molecule has 0 spiro atoms. The summed E-state index contributed by atoms with van der Waals surface area (Å²) in [6.07, 6.45) is 14.4. The molecule has 0 aliphatic heterocycles. The van der Waals surface area contributed by atoms with Gasteiger partial charge in [0.2, 0.25) is 0 Å². The molecule has 4 heteroatoms. The van der Waals surface area contributed by atoms with Crippen molar-refractivity contribution in [3.05, 3.63) is 187 Å². The van der Waals surface area contributed by atoms with Crippen LogP contribution >= 0.6 is 45.3 Å². The van der Waals surface area contributed by atoms with Crippen molar-refractivity contribution in [3.63, 3.8) is 0 Å². The van der Waals surface area contributed by atoms with Crippen LogP contribution in [-0.2, 0) is 25.7 Å². The number of unbranched alkanes of at least 4 members (excludes halogenated alkanes) is 4. The zero-order valence-electron chi connectivity index (χ0n) is 37.0. The van der Waals surface area contributed by atoms with Crippen molar-refractivity contribution in [2.75, 3.05) is 0 Å². The van der Waals surface area contributed by atoms with Gasteiger partial charge in [0, 0.05) is 50.2 Å². The van der Waals surface area contributed by atoms with Gasteiger partial charge in [-0.05, 0) is 144 Å². The van der Waals surface area contributed by atoms with E-state index in [4.69, 9.17) is 0 Å². The van der Waals surface area contributed by atoms with Gasteiger partial charge >= 0.3 is 0 Å². The third kappa shape index (κ3) is 10.8. The van der Waals surface area contributed by atoms with E-state index >= 15 is 0 Å². The Morgan fingerprint density at radius 1 is 0.274 bits per heavy atom. The fraction of sp³-hybridized carbons (Fsp3) is 0.276. The van der Waals surface area contributed by atoms with Gasteiger partial charge in [0.25, 0.3) is 0 Å². The van der Waals surface area contributed by atoms with Gasteiger partial charge in [-0.25, -0.2) is 0 Å². The summed E-state index contributed by atoms with van der Waals surface area (Å²) >= 11 is 7.70. The summed E-state index contributed by atoms with van der Waals surface area (Å²) in [6.45, 7) is 9.08. The van der Waals surface area contributed by atoms with Crippen LogP contribution in [0.5, 0.6) is 0 Å². The molecule has 0 N–H and O–H groups in total. The van der Waals surface area contributed by atoms with Crippen LogP contribution in [0.3, 0.4) is 0 Å². The average Bonchev–Trinajstić information content (AvgIpc) is 4.17. The van der Waals surface area contributed by atoms with E-state index in [2.05, 4.69) is 173 Å². The minimum Gasteiger partial charge on any atom is -0.135 e. The minimum atomic E-state index is 1.14.